The van der Waals surface area contributed by atoms with Crippen LogP contribution in [0.3, 0.4) is 0 Å². The van der Waals surface area contributed by atoms with E-state index in [1.807, 2.05) is 25.1 Å². The van der Waals surface area contributed by atoms with Crippen LogP contribution in [0.1, 0.15) is 13.3 Å². The van der Waals surface area contributed by atoms with Gasteiger partial charge in [0.25, 0.3) is 0 Å². The summed E-state index contributed by atoms with van der Waals surface area (Å²) in [7, 11) is -1.38. The van der Waals surface area contributed by atoms with E-state index >= 15 is 0 Å². The predicted octanol–water partition coefficient (Wildman–Crippen LogP) is 1.62. The Balaban J connectivity index is 2.19. The van der Waals surface area contributed by atoms with E-state index in [1.54, 1.807) is 18.8 Å². The number of nitrogens with one attached hydrogen (secondary N) is 2. The second-order valence-electron chi connectivity index (χ2n) is 5.20. The molecule has 24 heavy (non-hydrogen) atoms. The molecule has 0 heterocycles. The van der Waals surface area contributed by atoms with Gasteiger partial charge in [-0.2, -0.15) is 0 Å². The van der Waals surface area contributed by atoms with Gasteiger partial charge in [0.2, 0.25) is 10.0 Å². The van der Waals surface area contributed by atoms with Crippen LogP contribution in [0.5, 0.6) is 0 Å². The van der Waals surface area contributed by atoms with Gasteiger partial charge in [0.05, 0.1) is 6.26 Å². The van der Waals surface area contributed by atoms with Gasteiger partial charge < -0.3 is 10.6 Å². The first-order chi connectivity index (χ1) is 11.5. The molecule has 136 valence electrons. The fourth-order valence-electron chi connectivity index (χ4n) is 2.10. The molecule has 0 aliphatic carbocycles. The van der Waals surface area contributed by atoms with Crippen molar-refractivity contribution in [2.24, 2.45) is 4.99 Å². The topological polar surface area (TPSA) is 73.8 Å². The van der Waals surface area contributed by atoms with Gasteiger partial charge in [-0.15, -0.1) is 11.8 Å². The molecule has 0 unspecified atom stereocenters. The summed E-state index contributed by atoms with van der Waals surface area (Å²) in [5, 5.41) is 6.47. The monoisotopic (exact) mass is 372 g/mol. The number of thioether (sulfide) groups is 1. The maximum atomic E-state index is 11.5. The average molecular weight is 373 g/mol. The Hall–Kier alpha value is -1.25. The van der Waals surface area contributed by atoms with Crippen molar-refractivity contribution in [3.63, 3.8) is 0 Å². The zero-order chi connectivity index (χ0) is 17.8. The standard InChI is InChI=1S/C16H28N4O2S2/c1-4-20(24(3,21)22)13-8-11-18-16(17-2)19-12-14-23-15-9-6-5-7-10-15/h5-7,9-10H,4,8,11-14H2,1-3H3,(H2,17,18,19). The fourth-order valence-corrected chi connectivity index (χ4v) is 3.82. The molecule has 0 bridgehead atoms. The van der Waals surface area contributed by atoms with E-state index in [4.69, 9.17) is 0 Å². The second kappa shape index (κ2) is 11.3. The van der Waals surface area contributed by atoms with Gasteiger partial charge in [-0.25, -0.2) is 12.7 Å². The number of aliphatic imine (C=N–C) groups is 1. The third-order valence-electron chi connectivity index (χ3n) is 3.33. The Morgan fingerprint density at radius 1 is 1.21 bits per heavy atom. The molecule has 0 aliphatic rings. The molecule has 0 saturated heterocycles. The third-order valence-corrected chi connectivity index (χ3v) is 5.72. The van der Waals surface area contributed by atoms with E-state index in [0.29, 0.717) is 19.6 Å². The molecule has 0 spiro atoms. The highest BCUT2D eigenvalue weighted by Crippen LogP contribution is 2.15. The second-order valence-corrected chi connectivity index (χ2v) is 8.35. The minimum absolute atomic E-state index is 0.502. The highest BCUT2D eigenvalue weighted by Gasteiger charge is 2.13. The van der Waals surface area contributed by atoms with Crippen molar-refractivity contribution in [3.05, 3.63) is 30.3 Å². The zero-order valence-electron chi connectivity index (χ0n) is 14.7. The van der Waals surface area contributed by atoms with Gasteiger partial charge in [-0.05, 0) is 18.6 Å². The molecule has 2 N–H and O–H groups in total. The number of sulfonamides is 1. The molecule has 6 nitrogen and oxygen atoms in total. The molecule has 0 amide bonds. The zero-order valence-corrected chi connectivity index (χ0v) is 16.3. The van der Waals surface area contributed by atoms with Crippen molar-refractivity contribution in [1.82, 2.24) is 14.9 Å². The van der Waals surface area contributed by atoms with Crippen molar-refractivity contribution in [2.75, 3.05) is 45.2 Å². The Kier molecular flexibility index (Phi) is 9.82. The summed E-state index contributed by atoms with van der Waals surface area (Å²) in [6.45, 7) is 4.35. The van der Waals surface area contributed by atoms with Crippen LogP contribution in [0.15, 0.2) is 40.2 Å². The first-order valence-corrected chi connectivity index (χ1v) is 10.9. The van der Waals surface area contributed by atoms with Crippen LogP contribution in [0.2, 0.25) is 0 Å². The molecule has 8 heteroatoms. The smallest absolute Gasteiger partial charge is 0.211 e. The number of nitrogens with zero attached hydrogens (tertiary/aromatic N) is 2. The van der Waals surface area contributed by atoms with Crippen LogP contribution in [-0.2, 0) is 10.0 Å². The van der Waals surface area contributed by atoms with E-state index in [2.05, 4.69) is 27.8 Å². The molecule has 0 aromatic heterocycles. The van der Waals surface area contributed by atoms with E-state index in [1.165, 1.54) is 15.5 Å². The summed E-state index contributed by atoms with van der Waals surface area (Å²) in [4.78, 5) is 5.42. The lowest BCUT2D eigenvalue weighted by Crippen LogP contribution is -2.40. The maximum Gasteiger partial charge on any atom is 0.211 e. The molecule has 0 radical (unpaired) electrons. The van der Waals surface area contributed by atoms with Gasteiger partial charge in [-0.3, -0.25) is 4.99 Å². The van der Waals surface area contributed by atoms with Gasteiger partial charge in [0, 0.05) is 43.9 Å². The third kappa shape index (κ3) is 8.56. The van der Waals surface area contributed by atoms with E-state index in [9.17, 15) is 8.42 Å². The van der Waals surface area contributed by atoms with Crippen molar-refractivity contribution in [1.29, 1.82) is 0 Å². The molecule has 1 aromatic rings. The van der Waals surface area contributed by atoms with Crippen molar-refractivity contribution >= 4 is 27.7 Å². The molecule has 0 saturated carbocycles. The molecule has 0 atom stereocenters. The lowest BCUT2D eigenvalue weighted by molar-refractivity contribution is 0.424. The Labute approximate surface area is 150 Å². The van der Waals surface area contributed by atoms with Crippen LogP contribution >= 0.6 is 11.8 Å². The molecule has 1 aromatic carbocycles. The number of guanidine groups is 1. The Morgan fingerprint density at radius 3 is 2.46 bits per heavy atom. The van der Waals surface area contributed by atoms with Crippen LogP contribution in [0.4, 0.5) is 0 Å². The summed E-state index contributed by atoms with van der Waals surface area (Å²) in [6, 6.07) is 10.3. The minimum Gasteiger partial charge on any atom is -0.356 e. The number of benzene rings is 1. The number of hydrogen-bond acceptors (Lipinski definition) is 4. The summed E-state index contributed by atoms with van der Waals surface area (Å²) in [5.41, 5.74) is 0. The van der Waals surface area contributed by atoms with Gasteiger partial charge in [0.1, 0.15) is 0 Å². The van der Waals surface area contributed by atoms with Crippen LogP contribution in [-0.4, -0.2) is 63.9 Å². The SMILES string of the molecule is CCN(CCCNC(=NC)NCCSc1ccccc1)S(C)(=O)=O. The molecule has 0 fully saturated rings. The highest BCUT2D eigenvalue weighted by molar-refractivity contribution is 7.99. The summed E-state index contributed by atoms with van der Waals surface area (Å²) >= 11 is 1.79. The first-order valence-electron chi connectivity index (χ1n) is 8.05. The van der Waals surface area contributed by atoms with Crippen molar-refractivity contribution in [2.45, 2.75) is 18.2 Å². The minimum atomic E-state index is -3.11. The summed E-state index contributed by atoms with van der Waals surface area (Å²) in [6.07, 6.45) is 1.98. The van der Waals surface area contributed by atoms with E-state index in [-0.39, 0.29) is 0 Å². The predicted molar refractivity (Wildman–Crippen MR) is 103 cm³/mol. The summed E-state index contributed by atoms with van der Waals surface area (Å²) in [5.74, 6) is 1.69. The fraction of sp³-hybridized carbons (Fsp3) is 0.562. The maximum absolute atomic E-state index is 11.5. The molecule has 0 aliphatic heterocycles. The van der Waals surface area contributed by atoms with Crippen LogP contribution < -0.4 is 10.6 Å². The first kappa shape index (κ1) is 20.8. The quantitative estimate of drug-likeness (QED) is 0.283. The van der Waals surface area contributed by atoms with Crippen molar-refractivity contribution in [3.8, 4) is 0 Å². The highest BCUT2D eigenvalue weighted by atomic mass is 32.2. The number of hydrogen-bond donors (Lipinski definition) is 2. The van der Waals surface area contributed by atoms with E-state index in [0.717, 1.165) is 24.7 Å². The van der Waals surface area contributed by atoms with Crippen LogP contribution in [0, 0.1) is 0 Å². The normalized spacial score (nSPS) is 12.4. The Bertz CT molecular complexity index is 591. The van der Waals surface area contributed by atoms with Crippen LogP contribution in [0.25, 0.3) is 0 Å². The molecule has 1 rings (SSSR count). The van der Waals surface area contributed by atoms with Gasteiger partial charge in [0.15, 0.2) is 5.96 Å². The molecular formula is C16H28N4O2S2. The van der Waals surface area contributed by atoms with Gasteiger partial charge >= 0.3 is 0 Å². The van der Waals surface area contributed by atoms with Gasteiger partial charge in [-0.1, -0.05) is 25.1 Å². The lowest BCUT2D eigenvalue weighted by atomic mass is 10.4. The average Bonchev–Trinajstić information content (AvgIpc) is 2.56. The Morgan fingerprint density at radius 2 is 1.88 bits per heavy atom. The molecular weight excluding hydrogens is 344 g/mol. The number of rotatable bonds is 10. The largest absolute Gasteiger partial charge is 0.356 e. The summed E-state index contributed by atoms with van der Waals surface area (Å²) < 4.78 is 24.5. The lowest BCUT2D eigenvalue weighted by Gasteiger charge is -2.18. The van der Waals surface area contributed by atoms with Crippen molar-refractivity contribution < 1.29 is 8.42 Å². The van der Waals surface area contributed by atoms with E-state index < -0.39 is 10.0 Å².